The molecule has 0 saturated heterocycles. The maximum atomic E-state index is 12.1. The van der Waals surface area contributed by atoms with Gasteiger partial charge < -0.3 is 0 Å². The van der Waals surface area contributed by atoms with E-state index < -0.39 is 10.8 Å². The third-order valence-electron chi connectivity index (χ3n) is 3.59. The van der Waals surface area contributed by atoms with Crippen LogP contribution < -0.4 is 5.43 Å². The van der Waals surface area contributed by atoms with Gasteiger partial charge in [-0.3, -0.25) is 19.6 Å². The van der Waals surface area contributed by atoms with Crippen molar-refractivity contribution in [3.05, 3.63) is 92.2 Å². The van der Waals surface area contributed by atoms with Gasteiger partial charge in [0, 0.05) is 22.8 Å². The van der Waals surface area contributed by atoms with Crippen molar-refractivity contribution in [3.63, 3.8) is 0 Å². The number of benzene rings is 2. The normalized spacial score (nSPS) is 10.9. The number of nitrogens with zero attached hydrogens (tertiary/aromatic N) is 4. The first-order chi connectivity index (χ1) is 13.0. The number of carbonyl (C=O) groups is 1. The minimum absolute atomic E-state index is 0.0302. The molecule has 136 valence electrons. The predicted octanol–water partition coefficient (Wildman–Crippen LogP) is 3.37. The Labute approximate surface area is 162 Å². The van der Waals surface area contributed by atoms with Gasteiger partial charge in [-0.1, -0.05) is 40.2 Å². The summed E-state index contributed by atoms with van der Waals surface area (Å²) in [5.41, 5.74) is 4.36. The van der Waals surface area contributed by atoms with Gasteiger partial charge in [-0.25, -0.2) is 5.43 Å². The second-order valence-corrected chi connectivity index (χ2v) is 6.49. The number of hydrogen-bond donors (Lipinski definition) is 1. The number of nitrogens with one attached hydrogen (secondary N) is 1. The van der Waals surface area contributed by atoms with Crippen molar-refractivity contribution < 1.29 is 9.72 Å². The lowest BCUT2D eigenvalue weighted by Crippen LogP contribution is -2.18. The first-order valence-corrected chi connectivity index (χ1v) is 8.66. The molecular weight excluding hydrogens is 414 g/mol. The fraction of sp³-hybridized carbons (Fsp3) is 0.0556. The van der Waals surface area contributed by atoms with Crippen LogP contribution in [0, 0.1) is 10.1 Å². The number of halogens is 1. The Morgan fingerprint density at radius 1 is 1.26 bits per heavy atom. The van der Waals surface area contributed by atoms with E-state index in [1.165, 1.54) is 18.3 Å². The molecule has 3 rings (SSSR count). The Morgan fingerprint density at radius 3 is 2.74 bits per heavy atom. The van der Waals surface area contributed by atoms with Gasteiger partial charge in [-0.2, -0.15) is 10.2 Å². The lowest BCUT2D eigenvalue weighted by Gasteiger charge is -2.01. The topological polar surface area (TPSA) is 102 Å². The van der Waals surface area contributed by atoms with Crippen LogP contribution in [0.4, 0.5) is 5.69 Å². The zero-order chi connectivity index (χ0) is 19.2. The lowest BCUT2D eigenvalue weighted by atomic mass is 10.2. The van der Waals surface area contributed by atoms with Crippen LogP contribution in [0.1, 0.15) is 21.6 Å². The van der Waals surface area contributed by atoms with Crippen LogP contribution in [0.5, 0.6) is 0 Å². The minimum Gasteiger partial charge on any atom is -0.268 e. The molecule has 0 saturated carbocycles. The van der Waals surface area contributed by atoms with Crippen molar-refractivity contribution in [3.8, 4) is 0 Å². The van der Waals surface area contributed by atoms with Crippen molar-refractivity contribution in [1.82, 2.24) is 15.2 Å². The Bertz CT molecular complexity index is 998. The Balaban J connectivity index is 1.59. The SMILES string of the molecule is O=C(N/N=C\c1cccc(Br)c1)c1ccn(Cc2ccc([N+](=O)[O-])cc2)n1. The van der Waals surface area contributed by atoms with Gasteiger partial charge in [0.2, 0.25) is 0 Å². The summed E-state index contributed by atoms with van der Waals surface area (Å²) in [7, 11) is 0. The largest absolute Gasteiger partial charge is 0.291 e. The molecule has 0 fully saturated rings. The molecule has 0 aliphatic heterocycles. The summed E-state index contributed by atoms with van der Waals surface area (Å²) in [6.07, 6.45) is 3.20. The molecule has 1 N–H and O–H groups in total. The van der Waals surface area contributed by atoms with E-state index in [2.05, 4.69) is 31.6 Å². The van der Waals surface area contributed by atoms with Crippen molar-refractivity contribution in [2.45, 2.75) is 6.54 Å². The molecular formula is C18H14BrN5O3. The molecule has 0 aliphatic carbocycles. The summed E-state index contributed by atoms with van der Waals surface area (Å²) in [5, 5.41) is 18.8. The maximum absolute atomic E-state index is 12.1. The van der Waals surface area contributed by atoms with Crippen LogP contribution in [0.2, 0.25) is 0 Å². The van der Waals surface area contributed by atoms with Crippen LogP contribution in [0.25, 0.3) is 0 Å². The minimum atomic E-state index is -0.450. The van der Waals surface area contributed by atoms with E-state index in [4.69, 9.17) is 0 Å². The highest BCUT2D eigenvalue weighted by molar-refractivity contribution is 9.10. The Hall–Kier alpha value is -3.33. The number of hydrogen-bond acceptors (Lipinski definition) is 5. The van der Waals surface area contributed by atoms with Crippen LogP contribution in [0.3, 0.4) is 0 Å². The summed E-state index contributed by atoms with van der Waals surface area (Å²) < 4.78 is 2.50. The molecule has 3 aromatic rings. The number of aromatic nitrogens is 2. The molecule has 1 heterocycles. The summed E-state index contributed by atoms with van der Waals surface area (Å²) in [6, 6.07) is 15.2. The summed E-state index contributed by atoms with van der Waals surface area (Å²) >= 11 is 3.37. The second kappa shape index (κ2) is 8.37. The van der Waals surface area contributed by atoms with Gasteiger partial charge in [0.1, 0.15) is 0 Å². The third-order valence-corrected chi connectivity index (χ3v) is 4.09. The molecule has 27 heavy (non-hydrogen) atoms. The van der Waals surface area contributed by atoms with Crippen LogP contribution in [-0.4, -0.2) is 26.8 Å². The summed E-state index contributed by atoms with van der Waals surface area (Å²) in [6.45, 7) is 0.395. The quantitative estimate of drug-likeness (QED) is 0.370. The van der Waals surface area contributed by atoms with Crippen LogP contribution in [-0.2, 0) is 6.54 Å². The zero-order valence-electron chi connectivity index (χ0n) is 13.9. The molecule has 8 nitrogen and oxygen atoms in total. The van der Waals surface area contributed by atoms with E-state index in [0.717, 1.165) is 15.6 Å². The lowest BCUT2D eigenvalue weighted by molar-refractivity contribution is -0.384. The summed E-state index contributed by atoms with van der Waals surface area (Å²) in [4.78, 5) is 22.3. The number of hydrazone groups is 1. The molecule has 1 aromatic heterocycles. The third kappa shape index (κ3) is 5.08. The van der Waals surface area contributed by atoms with Crippen LogP contribution in [0.15, 0.2) is 70.4 Å². The number of nitro benzene ring substituents is 1. The number of rotatable bonds is 6. The molecule has 0 aliphatic rings. The molecule has 1 amide bonds. The number of amides is 1. The first kappa shape index (κ1) is 18.5. The highest BCUT2D eigenvalue weighted by Crippen LogP contribution is 2.13. The van der Waals surface area contributed by atoms with E-state index in [-0.39, 0.29) is 11.4 Å². The van der Waals surface area contributed by atoms with E-state index >= 15 is 0 Å². The fourth-order valence-corrected chi connectivity index (χ4v) is 2.71. The highest BCUT2D eigenvalue weighted by atomic mass is 79.9. The van der Waals surface area contributed by atoms with E-state index in [1.54, 1.807) is 29.1 Å². The predicted molar refractivity (Wildman–Crippen MR) is 104 cm³/mol. The fourth-order valence-electron chi connectivity index (χ4n) is 2.29. The molecule has 2 aromatic carbocycles. The molecule has 0 radical (unpaired) electrons. The maximum Gasteiger partial charge on any atom is 0.291 e. The van der Waals surface area contributed by atoms with Crippen LogP contribution >= 0.6 is 15.9 Å². The number of nitro groups is 1. The smallest absolute Gasteiger partial charge is 0.268 e. The highest BCUT2D eigenvalue weighted by Gasteiger charge is 2.09. The molecule has 0 spiro atoms. The van der Waals surface area contributed by atoms with Crippen molar-refractivity contribution in [1.29, 1.82) is 0 Å². The average Bonchev–Trinajstić information content (AvgIpc) is 3.11. The Morgan fingerprint density at radius 2 is 2.04 bits per heavy atom. The van der Waals surface area contributed by atoms with Gasteiger partial charge in [-0.15, -0.1) is 0 Å². The molecule has 0 unspecified atom stereocenters. The van der Waals surface area contributed by atoms with Gasteiger partial charge in [-0.05, 0) is 29.3 Å². The van der Waals surface area contributed by atoms with Crippen molar-refractivity contribution >= 4 is 33.7 Å². The molecule has 0 bridgehead atoms. The number of carbonyl (C=O) groups excluding carboxylic acids is 1. The van der Waals surface area contributed by atoms with Gasteiger partial charge in [0.15, 0.2) is 5.69 Å². The van der Waals surface area contributed by atoms with E-state index in [0.29, 0.717) is 6.54 Å². The van der Waals surface area contributed by atoms with E-state index in [1.807, 2.05) is 24.3 Å². The van der Waals surface area contributed by atoms with Gasteiger partial charge in [0.25, 0.3) is 11.6 Å². The second-order valence-electron chi connectivity index (χ2n) is 5.58. The van der Waals surface area contributed by atoms with Gasteiger partial charge in [0.05, 0.1) is 17.7 Å². The average molecular weight is 428 g/mol. The number of non-ortho nitro benzene ring substituents is 1. The van der Waals surface area contributed by atoms with E-state index in [9.17, 15) is 14.9 Å². The monoisotopic (exact) mass is 427 g/mol. The molecule has 0 atom stereocenters. The standard InChI is InChI=1S/C18H14BrN5O3/c19-15-3-1-2-14(10-15)11-20-21-18(25)17-8-9-23(22-17)12-13-4-6-16(7-5-13)24(26)27/h1-11H,12H2,(H,21,25)/b20-11-. The summed E-state index contributed by atoms with van der Waals surface area (Å²) in [5.74, 6) is -0.427. The first-order valence-electron chi connectivity index (χ1n) is 7.87. The van der Waals surface area contributed by atoms with Gasteiger partial charge >= 0.3 is 0 Å². The zero-order valence-corrected chi connectivity index (χ0v) is 15.5. The van der Waals surface area contributed by atoms with Crippen molar-refractivity contribution in [2.24, 2.45) is 5.10 Å². The Kier molecular flexibility index (Phi) is 5.72. The van der Waals surface area contributed by atoms with Crippen molar-refractivity contribution in [2.75, 3.05) is 0 Å². The molecule has 9 heteroatoms.